The molecule has 41 heavy (non-hydrogen) atoms. The Labute approximate surface area is 248 Å². The molecular formula is C33H42O5SSi2. The first-order chi connectivity index (χ1) is 19.4. The van der Waals surface area contributed by atoms with Crippen molar-refractivity contribution in [3.8, 4) is 11.5 Å². The van der Waals surface area contributed by atoms with E-state index in [-0.39, 0.29) is 24.0 Å². The first-order valence-corrected chi connectivity index (χ1v) is 22.2. The lowest BCUT2D eigenvalue weighted by molar-refractivity contribution is -0.0644. The summed E-state index contributed by atoms with van der Waals surface area (Å²) in [6.07, 6.45) is -0.536. The number of hydrogen-bond donors (Lipinski definition) is 1. The first kappa shape index (κ1) is 31.4. The molecule has 3 aromatic carbocycles. The van der Waals surface area contributed by atoms with E-state index in [2.05, 4.69) is 56.3 Å². The van der Waals surface area contributed by atoms with E-state index in [9.17, 15) is 13.5 Å². The Balaban J connectivity index is 1.74. The van der Waals surface area contributed by atoms with Crippen LogP contribution in [0.4, 0.5) is 0 Å². The van der Waals surface area contributed by atoms with Gasteiger partial charge in [0.1, 0.15) is 8.07 Å². The minimum Gasteiger partial charge on any atom is -0.407 e. The molecule has 1 aliphatic carbocycles. The molecule has 1 N–H and O–H groups in total. The summed E-state index contributed by atoms with van der Waals surface area (Å²) in [6.45, 7) is 11.1. The van der Waals surface area contributed by atoms with E-state index in [1.165, 1.54) is 0 Å². The fourth-order valence-corrected chi connectivity index (χ4v) is 10.6. The number of aliphatic hydroxyl groups is 1. The summed E-state index contributed by atoms with van der Waals surface area (Å²) in [7, 11) is -8.04. The van der Waals surface area contributed by atoms with Crippen LogP contribution in [0.15, 0.2) is 95.9 Å². The maximum absolute atomic E-state index is 14.2. The van der Waals surface area contributed by atoms with E-state index < -0.39 is 49.4 Å². The van der Waals surface area contributed by atoms with Gasteiger partial charge in [0.05, 0.1) is 29.5 Å². The van der Waals surface area contributed by atoms with Crippen molar-refractivity contribution in [2.24, 2.45) is 17.8 Å². The maximum Gasteiger partial charge on any atom is 0.218 e. The molecule has 0 bridgehead atoms. The van der Waals surface area contributed by atoms with Crippen molar-refractivity contribution < 1.29 is 22.7 Å². The van der Waals surface area contributed by atoms with Crippen LogP contribution in [-0.4, -0.2) is 54.5 Å². The number of ether oxygens (including phenoxy) is 1. The molecule has 4 rings (SSSR count). The number of benzene rings is 3. The van der Waals surface area contributed by atoms with Crippen molar-refractivity contribution in [1.29, 1.82) is 0 Å². The summed E-state index contributed by atoms with van der Waals surface area (Å²) in [5, 5.41) is 10.9. The molecule has 0 aromatic heterocycles. The van der Waals surface area contributed by atoms with E-state index in [1.54, 1.807) is 24.3 Å². The number of hydrogen-bond acceptors (Lipinski definition) is 5. The van der Waals surface area contributed by atoms with Gasteiger partial charge >= 0.3 is 0 Å². The molecule has 0 aliphatic heterocycles. The van der Waals surface area contributed by atoms with Gasteiger partial charge in [0.2, 0.25) is 8.32 Å². The SMILES string of the molecule is C[Si](C)(C)C#C[C@@H]1[C@@H](CO)[C@H]([C@H](COCc2ccccc2)O[Si](C)(C)c2ccccc2)[C@H]1S(=O)(=O)c1ccccc1. The van der Waals surface area contributed by atoms with Crippen molar-refractivity contribution in [1.82, 2.24) is 0 Å². The highest BCUT2D eigenvalue weighted by Crippen LogP contribution is 2.49. The Bertz CT molecular complexity index is 1430. The van der Waals surface area contributed by atoms with Gasteiger partial charge in [-0.25, -0.2) is 8.42 Å². The Morgan fingerprint density at radius 3 is 1.98 bits per heavy atom. The molecule has 1 aliphatic rings. The zero-order valence-electron chi connectivity index (χ0n) is 24.7. The first-order valence-electron chi connectivity index (χ1n) is 14.2. The zero-order chi connectivity index (χ0) is 29.7. The van der Waals surface area contributed by atoms with Gasteiger partial charge in [0, 0.05) is 24.4 Å². The van der Waals surface area contributed by atoms with Gasteiger partial charge < -0.3 is 14.3 Å². The summed E-state index contributed by atoms with van der Waals surface area (Å²) in [4.78, 5) is 0.273. The zero-order valence-corrected chi connectivity index (χ0v) is 27.5. The molecule has 1 fully saturated rings. The van der Waals surface area contributed by atoms with Gasteiger partial charge in [0.15, 0.2) is 9.84 Å². The average molecular weight is 607 g/mol. The van der Waals surface area contributed by atoms with Gasteiger partial charge in [-0.3, -0.25) is 0 Å². The topological polar surface area (TPSA) is 72.8 Å². The van der Waals surface area contributed by atoms with Crippen molar-refractivity contribution >= 4 is 31.4 Å². The third-order valence-electron chi connectivity index (χ3n) is 7.68. The predicted molar refractivity (Wildman–Crippen MR) is 171 cm³/mol. The Morgan fingerprint density at radius 2 is 1.41 bits per heavy atom. The van der Waals surface area contributed by atoms with Crippen molar-refractivity contribution in [2.75, 3.05) is 13.2 Å². The molecule has 1 saturated carbocycles. The predicted octanol–water partition coefficient (Wildman–Crippen LogP) is 5.28. The number of sulfone groups is 1. The molecule has 3 aromatic rings. The van der Waals surface area contributed by atoms with Crippen molar-refractivity contribution in [3.05, 3.63) is 96.6 Å². The van der Waals surface area contributed by atoms with E-state index in [1.807, 2.05) is 54.6 Å². The second-order valence-electron chi connectivity index (χ2n) is 12.3. The van der Waals surface area contributed by atoms with E-state index in [0.29, 0.717) is 6.61 Å². The molecule has 5 atom stereocenters. The van der Waals surface area contributed by atoms with Crippen LogP contribution in [0, 0.1) is 29.2 Å². The Kier molecular flexibility index (Phi) is 10.1. The molecule has 5 nitrogen and oxygen atoms in total. The van der Waals surface area contributed by atoms with E-state index in [0.717, 1.165) is 10.8 Å². The Hall–Kier alpha value is -2.52. The largest absolute Gasteiger partial charge is 0.407 e. The molecular weight excluding hydrogens is 565 g/mol. The van der Waals surface area contributed by atoms with Crippen LogP contribution < -0.4 is 5.19 Å². The lowest BCUT2D eigenvalue weighted by Crippen LogP contribution is -2.63. The normalized spacial score (nSPS) is 21.8. The molecule has 0 unspecified atom stereocenters. The van der Waals surface area contributed by atoms with Crippen LogP contribution >= 0.6 is 0 Å². The summed E-state index contributed by atoms with van der Waals surface area (Å²) >= 11 is 0. The third-order valence-corrected chi connectivity index (χ3v) is 13.4. The summed E-state index contributed by atoms with van der Waals surface area (Å²) < 4.78 is 41.6. The highest BCUT2D eigenvalue weighted by Gasteiger charge is 2.59. The molecule has 218 valence electrons. The molecule has 0 heterocycles. The molecule has 0 radical (unpaired) electrons. The van der Waals surface area contributed by atoms with Gasteiger partial charge in [-0.15, -0.1) is 11.5 Å². The fourth-order valence-electron chi connectivity index (χ4n) is 5.58. The second-order valence-corrected chi connectivity index (χ2v) is 23.0. The van der Waals surface area contributed by atoms with Gasteiger partial charge in [0.25, 0.3) is 0 Å². The fraction of sp³-hybridized carbons (Fsp3) is 0.394. The molecule has 0 spiro atoms. The van der Waals surface area contributed by atoms with Gasteiger partial charge in [-0.2, -0.15) is 0 Å². The van der Waals surface area contributed by atoms with Crippen LogP contribution in [0.2, 0.25) is 32.7 Å². The number of aliphatic hydroxyl groups excluding tert-OH is 1. The summed E-state index contributed by atoms with van der Waals surface area (Å²) in [5.74, 6) is 2.04. The third kappa shape index (κ3) is 7.66. The quantitative estimate of drug-likeness (QED) is 0.238. The number of rotatable bonds is 11. The minimum atomic E-state index is -3.77. The van der Waals surface area contributed by atoms with Gasteiger partial charge in [-0.1, -0.05) is 98.5 Å². The smallest absolute Gasteiger partial charge is 0.218 e. The van der Waals surface area contributed by atoms with Crippen LogP contribution in [0.25, 0.3) is 0 Å². The highest BCUT2D eigenvalue weighted by molar-refractivity contribution is 7.92. The van der Waals surface area contributed by atoms with Crippen molar-refractivity contribution in [3.63, 3.8) is 0 Å². The van der Waals surface area contributed by atoms with Gasteiger partial charge in [-0.05, 0) is 36.0 Å². The standard InChI is InChI=1S/C33H42O5SSi2/c1-40(2,3)22-21-29-30(23-34)32(33(29)39(35,36)27-17-11-7-12-18-27)31(25-37-24-26-15-9-6-10-16-26)38-41(4,5)28-19-13-8-14-20-28/h6-20,29-34H,23-25H2,1-5H3/t29-,30-,31+,32-,33+/m1/s1. The minimum absolute atomic E-state index is 0.164. The molecule has 0 saturated heterocycles. The monoisotopic (exact) mass is 606 g/mol. The average Bonchev–Trinajstić information content (AvgIpc) is 2.93. The Morgan fingerprint density at radius 1 is 0.854 bits per heavy atom. The van der Waals surface area contributed by atoms with Crippen LogP contribution in [0.5, 0.6) is 0 Å². The molecule has 0 amide bonds. The maximum atomic E-state index is 14.2. The van der Waals surface area contributed by atoms with Crippen molar-refractivity contribution in [2.45, 2.75) is 55.6 Å². The van der Waals surface area contributed by atoms with Crippen LogP contribution in [0.1, 0.15) is 5.56 Å². The lowest BCUT2D eigenvalue weighted by atomic mass is 9.62. The highest BCUT2D eigenvalue weighted by atomic mass is 32.2. The molecule has 8 heteroatoms. The summed E-state index contributed by atoms with van der Waals surface area (Å²) in [6, 6.07) is 28.6. The summed E-state index contributed by atoms with van der Waals surface area (Å²) in [5.41, 5.74) is 4.42. The lowest BCUT2D eigenvalue weighted by Gasteiger charge is -2.52. The second kappa shape index (κ2) is 13.2. The van der Waals surface area contributed by atoms with Crippen LogP contribution in [0.3, 0.4) is 0 Å². The van der Waals surface area contributed by atoms with Crippen LogP contribution in [-0.2, 0) is 25.6 Å². The van der Waals surface area contributed by atoms with E-state index >= 15 is 0 Å². The van der Waals surface area contributed by atoms with E-state index in [4.69, 9.17) is 9.16 Å².